The van der Waals surface area contributed by atoms with E-state index in [9.17, 15) is 9.18 Å². The summed E-state index contributed by atoms with van der Waals surface area (Å²) in [6.45, 7) is 7.58. The number of hydrogen-bond donors (Lipinski definition) is 0. The highest BCUT2D eigenvalue weighted by molar-refractivity contribution is 5.76. The van der Waals surface area contributed by atoms with Crippen LogP contribution >= 0.6 is 0 Å². The zero-order chi connectivity index (χ0) is 17.5. The van der Waals surface area contributed by atoms with Gasteiger partial charge in [0.25, 0.3) is 0 Å². The molecule has 1 aliphatic rings. The molecule has 1 aromatic rings. The number of nitrogens with zero attached hydrogens (tertiary/aromatic N) is 2. The Labute approximate surface area is 144 Å². The number of carbonyl (C=O) groups excluding carboxylic acids is 1. The first-order valence-corrected chi connectivity index (χ1v) is 8.78. The highest BCUT2D eigenvalue weighted by atomic mass is 19.1. The number of amides is 1. The Morgan fingerprint density at radius 2 is 1.92 bits per heavy atom. The Balaban J connectivity index is 1.85. The number of aryl methyl sites for hydroxylation is 1. The monoisotopic (exact) mass is 336 g/mol. The third kappa shape index (κ3) is 5.02. The Morgan fingerprint density at radius 1 is 1.25 bits per heavy atom. The lowest BCUT2D eigenvalue weighted by Gasteiger charge is -2.44. The van der Waals surface area contributed by atoms with Crippen molar-refractivity contribution >= 4 is 5.91 Å². The standard InChI is InChI=1S/C19H29FN2O2/c1-15-13-21(14-16(2)22(15)11-6-12-24-3)19(23)10-9-17-7-4-5-8-18(17)20/h4-5,7-8,15-16H,6,9-14H2,1-3H3. The van der Waals surface area contributed by atoms with Crippen molar-refractivity contribution in [1.82, 2.24) is 9.80 Å². The summed E-state index contributed by atoms with van der Waals surface area (Å²) >= 11 is 0. The third-order valence-corrected chi connectivity index (χ3v) is 4.79. The lowest BCUT2D eigenvalue weighted by Crippen LogP contribution is -2.58. The van der Waals surface area contributed by atoms with Gasteiger partial charge in [-0.2, -0.15) is 0 Å². The maximum absolute atomic E-state index is 13.7. The average molecular weight is 336 g/mol. The maximum Gasteiger partial charge on any atom is 0.223 e. The second-order valence-corrected chi connectivity index (χ2v) is 6.67. The predicted molar refractivity (Wildman–Crippen MR) is 93.4 cm³/mol. The molecule has 1 aliphatic heterocycles. The number of methoxy groups -OCH3 is 1. The molecule has 0 aliphatic carbocycles. The molecular weight excluding hydrogens is 307 g/mol. The van der Waals surface area contributed by atoms with Crippen LogP contribution in [-0.4, -0.2) is 61.1 Å². The smallest absolute Gasteiger partial charge is 0.223 e. The van der Waals surface area contributed by atoms with Gasteiger partial charge in [-0.25, -0.2) is 4.39 Å². The van der Waals surface area contributed by atoms with Gasteiger partial charge in [-0.15, -0.1) is 0 Å². The molecule has 1 aromatic carbocycles. The zero-order valence-corrected chi connectivity index (χ0v) is 15.0. The highest BCUT2D eigenvalue weighted by Gasteiger charge is 2.31. The second kappa shape index (κ2) is 9.14. The Bertz CT molecular complexity index is 526. The Hall–Kier alpha value is -1.46. The van der Waals surface area contributed by atoms with Crippen LogP contribution in [0.2, 0.25) is 0 Å². The van der Waals surface area contributed by atoms with E-state index in [0.717, 1.165) is 32.7 Å². The van der Waals surface area contributed by atoms with Gasteiger partial charge in [-0.1, -0.05) is 18.2 Å². The van der Waals surface area contributed by atoms with Crippen LogP contribution in [-0.2, 0) is 16.0 Å². The van der Waals surface area contributed by atoms with Crippen LogP contribution < -0.4 is 0 Å². The molecular formula is C19H29FN2O2. The van der Waals surface area contributed by atoms with E-state index in [-0.39, 0.29) is 11.7 Å². The molecule has 0 saturated carbocycles. The summed E-state index contributed by atoms with van der Waals surface area (Å²) in [7, 11) is 1.72. The largest absolute Gasteiger partial charge is 0.385 e. The molecule has 1 amide bonds. The molecule has 2 rings (SSSR count). The summed E-state index contributed by atoms with van der Waals surface area (Å²) in [5.41, 5.74) is 0.616. The quantitative estimate of drug-likeness (QED) is 0.718. The number of carbonyl (C=O) groups is 1. The minimum absolute atomic E-state index is 0.119. The van der Waals surface area contributed by atoms with Gasteiger partial charge in [0.15, 0.2) is 0 Å². The topological polar surface area (TPSA) is 32.8 Å². The molecule has 134 valence electrons. The molecule has 4 nitrogen and oxygen atoms in total. The highest BCUT2D eigenvalue weighted by Crippen LogP contribution is 2.18. The van der Waals surface area contributed by atoms with Crippen molar-refractivity contribution in [3.05, 3.63) is 35.6 Å². The van der Waals surface area contributed by atoms with Crippen molar-refractivity contribution in [1.29, 1.82) is 0 Å². The second-order valence-electron chi connectivity index (χ2n) is 6.67. The summed E-state index contributed by atoms with van der Waals surface area (Å²) in [5, 5.41) is 0. The summed E-state index contributed by atoms with van der Waals surface area (Å²) in [6, 6.07) is 7.36. The third-order valence-electron chi connectivity index (χ3n) is 4.79. The number of rotatable bonds is 7. The van der Waals surface area contributed by atoms with Crippen molar-refractivity contribution in [2.24, 2.45) is 0 Å². The molecule has 2 atom stereocenters. The van der Waals surface area contributed by atoms with E-state index in [1.807, 2.05) is 11.0 Å². The molecule has 0 radical (unpaired) electrons. The summed E-state index contributed by atoms with van der Waals surface area (Å²) < 4.78 is 18.8. The van der Waals surface area contributed by atoms with Crippen LogP contribution in [0.25, 0.3) is 0 Å². The van der Waals surface area contributed by atoms with Crippen molar-refractivity contribution in [2.45, 2.75) is 45.2 Å². The number of piperazine rings is 1. The van der Waals surface area contributed by atoms with Crippen LogP contribution in [0.3, 0.4) is 0 Å². The van der Waals surface area contributed by atoms with E-state index in [1.165, 1.54) is 6.07 Å². The molecule has 5 heteroatoms. The van der Waals surface area contributed by atoms with Crippen molar-refractivity contribution in [2.75, 3.05) is 33.4 Å². The van der Waals surface area contributed by atoms with Gasteiger partial charge in [-0.3, -0.25) is 9.69 Å². The molecule has 0 spiro atoms. The van der Waals surface area contributed by atoms with E-state index in [1.54, 1.807) is 19.2 Å². The molecule has 1 heterocycles. The van der Waals surface area contributed by atoms with Crippen LogP contribution in [0.4, 0.5) is 4.39 Å². The average Bonchev–Trinajstić information content (AvgIpc) is 2.56. The summed E-state index contributed by atoms with van der Waals surface area (Å²) in [5.74, 6) is -0.108. The van der Waals surface area contributed by atoms with Gasteiger partial charge in [0.1, 0.15) is 5.82 Å². The van der Waals surface area contributed by atoms with Crippen molar-refractivity contribution < 1.29 is 13.9 Å². The number of benzene rings is 1. The first kappa shape index (κ1) is 18.9. The van der Waals surface area contributed by atoms with Gasteiger partial charge in [-0.05, 0) is 38.3 Å². The predicted octanol–water partition coefficient (Wildman–Crippen LogP) is 2.72. The molecule has 1 saturated heterocycles. The van der Waals surface area contributed by atoms with Gasteiger partial charge in [0.05, 0.1) is 0 Å². The Morgan fingerprint density at radius 3 is 2.54 bits per heavy atom. The van der Waals surface area contributed by atoms with Gasteiger partial charge in [0, 0.05) is 51.9 Å². The lowest BCUT2D eigenvalue weighted by atomic mass is 10.1. The van der Waals surface area contributed by atoms with Crippen LogP contribution in [0.15, 0.2) is 24.3 Å². The Kier molecular flexibility index (Phi) is 7.18. The number of halogens is 1. The fourth-order valence-corrected chi connectivity index (χ4v) is 3.49. The lowest BCUT2D eigenvalue weighted by molar-refractivity contribution is -0.135. The SMILES string of the molecule is COCCCN1C(C)CN(C(=O)CCc2ccccc2F)CC1C. The van der Waals surface area contributed by atoms with Crippen molar-refractivity contribution in [3.8, 4) is 0 Å². The van der Waals surface area contributed by atoms with E-state index in [2.05, 4.69) is 18.7 Å². The van der Waals surface area contributed by atoms with Gasteiger partial charge < -0.3 is 9.64 Å². The number of ether oxygens (including phenoxy) is 1. The fraction of sp³-hybridized carbons (Fsp3) is 0.632. The normalized spacial score (nSPS) is 21.9. The van der Waals surface area contributed by atoms with Crippen LogP contribution in [0.5, 0.6) is 0 Å². The first-order chi connectivity index (χ1) is 11.5. The summed E-state index contributed by atoms with van der Waals surface area (Å²) in [4.78, 5) is 16.9. The molecule has 0 N–H and O–H groups in total. The zero-order valence-electron chi connectivity index (χ0n) is 15.0. The van der Waals surface area contributed by atoms with Crippen LogP contribution in [0.1, 0.15) is 32.3 Å². The van der Waals surface area contributed by atoms with E-state index in [0.29, 0.717) is 30.5 Å². The van der Waals surface area contributed by atoms with Crippen molar-refractivity contribution in [3.63, 3.8) is 0 Å². The molecule has 24 heavy (non-hydrogen) atoms. The molecule has 2 unspecified atom stereocenters. The van der Waals surface area contributed by atoms with E-state index >= 15 is 0 Å². The van der Waals surface area contributed by atoms with E-state index in [4.69, 9.17) is 4.74 Å². The first-order valence-electron chi connectivity index (χ1n) is 8.78. The minimum atomic E-state index is -0.227. The van der Waals surface area contributed by atoms with E-state index < -0.39 is 0 Å². The maximum atomic E-state index is 13.7. The molecule has 0 bridgehead atoms. The van der Waals surface area contributed by atoms with Crippen LogP contribution in [0, 0.1) is 5.82 Å². The summed E-state index contributed by atoms with van der Waals surface area (Å²) in [6.07, 6.45) is 1.83. The molecule has 1 fully saturated rings. The minimum Gasteiger partial charge on any atom is -0.385 e. The molecule has 0 aromatic heterocycles. The number of hydrogen-bond acceptors (Lipinski definition) is 3. The van der Waals surface area contributed by atoms with Gasteiger partial charge in [0.2, 0.25) is 5.91 Å². The fourth-order valence-electron chi connectivity index (χ4n) is 3.49. The van der Waals surface area contributed by atoms with Gasteiger partial charge >= 0.3 is 0 Å².